The number of Topliss-reactive ketones (excluding diaryl/α,β-unsaturated/α-hetero) is 1. The molecule has 1 saturated carbocycles. The number of allylic oxidation sites excluding steroid dienone is 1. The molecule has 4 N–H and O–H groups in total. The summed E-state index contributed by atoms with van der Waals surface area (Å²) < 4.78 is 0. The number of carbonyl (C=O) groups is 5. The summed E-state index contributed by atoms with van der Waals surface area (Å²) in [6, 6.07) is 14.9. The van der Waals surface area contributed by atoms with Crippen LogP contribution >= 0.6 is 0 Å². The number of ketones is 1. The maximum atomic E-state index is 14.3. The molecule has 2 fully saturated rings. The van der Waals surface area contributed by atoms with E-state index in [1.807, 2.05) is 54.6 Å². The third kappa shape index (κ3) is 9.90. The Balaban J connectivity index is 0.00000174. The monoisotopic (exact) mass is 669 g/mol. The number of hydrogen-bond donors (Lipinski definition) is 4. The zero-order valence-electron chi connectivity index (χ0n) is 28.8. The van der Waals surface area contributed by atoms with Crippen LogP contribution in [-0.4, -0.2) is 71.7 Å². The van der Waals surface area contributed by atoms with Crippen LogP contribution in [0.4, 0.5) is 4.79 Å². The summed E-state index contributed by atoms with van der Waals surface area (Å²) in [6.45, 7) is 11.9. The highest BCUT2D eigenvalue weighted by atomic mass is 16.2. The lowest BCUT2D eigenvalue weighted by atomic mass is 9.94. The molecule has 0 spiro atoms. The Morgan fingerprint density at radius 3 is 2.20 bits per heavy atom. The van der Waals surface area contributed by atoms with Gasteiger partial charge in [0.2, 0.25) is 17.6 Å². The summed E-state index contributed by atoms with van der Waals surface area (Å²) in [6.07, 6.45) is 8.04. The van der Waals surface area contributed by atoms with Crippen LogP contribution in [0, 0.1) is 5.92 Å². The van der Waals surface area contributed by atoms with Crippen molar-refractivity contribution < 1.29 is 24.0 Å². The van der Waals surface area contributed by atoms with Gasteiger partial charge in [0.1, 0.15) is 12.1 Å². The summed E-state index contributed by atoms with van der Waals surface area (Å²) in [5.74, 6) is -2.33. The highest BCUT2D eigenvalue weighted by Crippen LogP contribution is 2.40. The number of likely N-dealkylation sites (tertiary alicyclic amines) is 1. The van der Waals surface area contributed by atoms with Gasteiger partial charge >= 0.3 is 6.03 Å². The molecule has 3 unspecified atom stereocenters. The highest BCUT2D eigenvalue weighted by molar-refractivity contribution is 6.38. The van der Waals surface area contributed by atoms with E-state index in [4.69, 9.17) is 0 Å². The van der Waals surface area contributed by atoms with Crippen molar-refractivity contribution in [1.29, 1.82) is 0 Å². The number of carbonyl (C=O) groups excluding carboxylic acids is 5. The molecule has 5 amide bonds. The van der Waals surface area contributed by atoms with Crippen molar-refractivity contribution in [1.82, 2.24) is 26.2 Å². The van der Waals surface area contributed by atoms with E-state index in [0.29, 0.717) is 38.6 Å². The predicted molar refractivity (Wildman–Crippen MR) is 191 cm³/mol. The summed E-state index contributed by atoms with van der Waals surface area (Å²) in [4.78, 5) is 68.1. The molecule has 0 bridgehead atoms. The van der Waals surface area contributed by atoms with Crippen LogP contribution in [0.5, 0.6) is 0 Å². The minimum atomic E-state index is -1.06. The van der Waals surface area contributed by atoms with Crippen molar-refractivity contribution in [2.24, 2.45) is 5.92 Å². The molecule has 5 rings (SSSR count). The van der Waals surface area contributed by atoms with Gasteiger partial charge in [0.25, 0.3) is 5.91 Å². The van der Waals surface area contributed by atoms with E-state index in [0.717, 1.165) is 17.5 Å². The summed E-state index contributed by atoms with van der Waals surface area (Å²) in [5.41, 5.74) is 3.46. The van der Waals surface area contributed by atoms with Gasteiger partial charge in [-0.15, -0.1) is 13.2 Å². The molecule has 1 aliphatic heterocycles. The quantitative estimate of drug-likeness (QED) is 0.175. The van der Waals surface area contributed by atoms with Crippen LogP contribution in [0.3, 0.4) is 0 Å². The fourth-order valence-corrected chi connectivity index (χ4v) is 6.70. The fraction of sp³-hybridized carbons (Fsp3) is 0.462. The maximum Gasteiger partial charge on any atom is 0.315 e. The highest BCUT2D eigenvalue weighted by Gasteiger charge is 2.44. The molecule has 2 aromatic carbocycles. The summed E-state index contributed by atoms with van der Waals surface area (Å²) in [5, 5.41) is 11.2. The molecule has 1 saturated heterocycles. The van der Waals surface area contributed by atoms with Gasteiger partial charge in [-0.1, -0.05) is 87.0 Å². The van der Waals surface area contributed by atoms with E-state index in [1.54, 1.807) is 6.08 Å². The lowest BCUT2D eigenvalue weighted by molar-refractivity contribution is -0.143. The number of fused-ring (bicyclic) bond motifs is 1. The SMILES string of the molecule is C=CCCC(NC(=O)[C@@H]1CCCN1C(=O)[C@@H](NC(=O)NC1CC1c1ccccc1)C1Cc2ccccc2C1)C(=O)C(=O)NCC=C.CCC. The fourth-order valence-electron chi connectivity index (χ4n) is 6.70. The lowest BCUT2D eigenvalue weighted by Crippen LogP contribution is -2.59. The lowest BCUT2D eigenvalue weighted by Gasteiger charge is -2.32. The first-order valence-corrected chi connectivity index (χ1v) is 17.6. The molecular formula is C39H51N5O5. The Labute approximate surface area is 290 Å². The second-order valence-electron chi connectivity index (χ2n) is 13.1. The minimum absolute atomic E-state index is 0.0158. The first-order chi connectivity index (χ1) is 23.7. The Kier molecular flexibility index (Phi) is 13.7. The van der Waals surface area contributed by atoms with Crippen LogP contribution in [0.1, 0.15) is 75.0 Å². The summed E-state index contributed by atoms with van der Waals surface area (Å²) >= 11 is 0. The molecule has 2 aromatic rings. The number of hydrogen-bond acceptors (Lipinski definition) is 5. The maximum absolute atomic E-state index is 14.3. The molecular weight excluding hydrogens is 618 g/mol. The van der Waals surface area contributed by atoms with E-state index in [1.165, 1.54) is 23.0 Å². The smallest absolute Gasteiger partial charge is 0.315 e. The second-order valence-corrected chi connectivity index (χ2v) is 13.1. The normalized spacial score (nSPS) is 20.4. The van der Waals surface area contributed by atoms with Crippen LogP contribution in [0.15, 0.2) is 79.9 Å². The number of benzene rings is 2. The summed E-state index contributed by atoms with van der Waals surface area (Å²) in [7, 11) is 0. The first-order valence-electron chi connectivity index (χ1n) is 17.6. The molecule has 5 atom stereocenters. The number of nitrogens with one attached hydrogen (secondary N) is 4. The largest absolute Gasteiger partial charge is 0.346 e. The number of amides is 5. The molecule has 1 heterocycles. The Bertz CT molecular complexity index is 1470. The Morgan fingerprint density at radius 2 is 1.57 bits per heavy atom. The van der Waals surface area contributed by atoms with Gasteiger partial charge in [-0.25, -0.2) is 4.79 Å². The minimum Gasteiger partial charge on any atom is -0.346 e. The molecule has 0 aromatic heterocycles. The standard InChI is InChI=1S/C36H43N5O5.C3H8/c1-3-5-16-28(32(42)34(44)37-18-4-2)38-33(43)30-17-11-19-41(30)35(45)31(26-20-24-14-9-10-15-25(24)21-26)40-36(46)39-29-22-27(29)23-12-7-6-8-13-23;1-3-2/h3-4,6-10,12-15,26-31H,1-2,5,11,16-22H2,(H,37,44)(H,38,43)(H2,39,40,46);3H2,1-2H3/t27?,28?,29?,30-,31-;/m0./s1. The zero-order valence-corrected chi connectivity index (χ0v) is 28.8. The first kappa shape index (κ1) is 37.1. The third-order valence-corrected chi connectivity index (χ3v) is 9.20. The average molecular weight is 670 g/mol. The van der Waals surface area contributed by atoms with Crippen molar-refractivity contribution in [3.05, 3.63) is 96.6 Å². The van der Waals surface area contributed by atoms with E-state index < -0.39 is 41.8 Å². The van der Waals surface area contributed by atoms with Gasteiger partial charge < -0.3 is 26.2 Å². The number of rotatable bonds is 14. The van der Waals surface area contributed by atoms with E-state index >= 15 is 0 Å². The van der Waals surface area contributed by atoms with E-state index in [-0.39, 0.29) is 36.8 Å². The molecule has 3 aliphatic rings. The van der Waals surface area contributed by atoms with Gasteiger partial charge in [-0.3, -0.25) is 19.2 Å². The molecule has 10 heteroatoms. The van der Waals surface area contributed by atoms with Crippen molar-refractivity contribution in [3.8, 4) is 0 Å². The van der Waals surface area contributed by atoms with Crippen LogP contribution in [0.25, 0.3) is 0 Å². The molecule has 262 valence electrons. The van der Waals surface area contributed by atoms with Gasteiger partial charge in [-0.05, 0) is 67.6 Å². The second kappa shape index (κ2) is 18.1. The van der Waals surface area contributed by atoms with Crippen LogP contribution in [-0.2, 0) is 32.0 Å². The van der Waals surface area contributed by atoms with Gasteiger partial charge in [0.15, 0.2) is 0 Å². The Morgan fingerprint density at radius 1 is 0.918 bits per heavy atom. The van der Waals surface area contributed by atoms with Crippen molar-refractivity contribution >= 4 is 29.5 Å². The van der Waals surface area contributed by atoms with Crippen molar-refractivity contribution in [2.45, 2.75) is 95.3 Å². The molecule has 10 nitrogen and oxygen atoms in total. The Hall–Kier alpha value is -4.73. The zero-order chi connectivity index (χ0) is 35.3. The number of nitrogens with zero attached hydrogens (tertiary/aromatic N) is 1. The van der Waals surface area contributed by atoms with E-state index in [2.05, 4.69) is 48.3 Å². The van der Waals surface area contributed by atoms with Gasteiger partial charge in [0, 0.05) is 25.0 Å². The van der Waals surface area contributed by atoms with Gasteiger partial charge in [0.05, 0.1) is 6.04 Å². The average Bonchev–Trinajstić information content (AvgIpc) is 3.48. The molecule has 0 radical (unpaired) electrons. The third-order valence-electron chi connectivity index (χ3n) is 9.20. The van der Waals surface area contributed by atoms with Gasteiger partial charge in [-0.2, -0.15) is 0 Å². The van der Waals surface area contributed by atoms with Crippen molar-refractivity contribution in [2.75, 3.05) is 13.1 Å². The molecule has 49 heavy (non-hydrogen) atoms. The van der Waals surface area contributed by atoms with E-state index in [9.17, 15) is 24.0 Å². The van der Waals surface area contributed by atoms with Crippen LogP contribution in [0.2, 0.25) is 0 Å². The van der Waals surface area contributed by atoms with Crippen LogP contribution < -0.4 is 21.3 Å². The van der Waals surface area contributed by atoms with Crippen molar-refractivity contribution in [3.63, 3.8) is 0 Å². The number of urea groups is 1. The molecule has 2 aliphatic carbocycles. The topological polar surface area (TPSA) is 137 Å². The predicted octanol–water partition coefficient (Wildman–Crippen LogP) is 4.35.